The summed E-state index contributed by atoms with van der Waals surface area (Å²) in [6.45, 7) is 8.77. The number of amides is 1. The number of rotatable bonds is 4. The van der Waals surface area contributed by atoms with Gasteiger partial charge in [0, 0.05) is 52.4 Å². The second-order valence-electron chi connectivity index (χ2n) is 7.36. The number of carbonyl (C=O) groups excluding carboxylic acids is 1. The van der Waals surface area contributed by atoms with Gasteiger partial charge in [0.15, 0.2) is 0 Å². The highest BCUT2D eigenvalue weighted by molar-refractivity contribution is 5.78. The van der Waals surface area contributed by atoms with Crippen molar-refractivity contribution in [1.29, 1.82) is 0 Å². The van der Waals surface area contributed by atoms with Gasteiger partial charge in [0.2, 0.25) is 5.91 Å². The summed E-state index contributed by atoms with van der Waals surface area (Å²) in [5.41, 5.74) is 0. The molecule has 1 atom stereocenters. The summed E-state index contributed by atoms with van der Waals surface area (Å²) in [6, 6.07) is 0. The number of carbonyl (C=O) groups is 1. The highest BCUT2D eigenvalue weighted by Crippen LogP contribution is 2.15. The van der Waals surface area contributed by atoms with Crippen LogP contribution in [0.4, 0.5) is 0 Å². The molecule has 5 heteroatoms. The lowest BCUT2D eigenvalue weighted by atomic mass is 10.1. The molecule has 3 rings (SSSR count). The summed E-state index contributed by atoms with van der Waals surface area (Å²) in [7, 11) is 0. The Balaban J connectivity index is 1.35. The Morgan fingerprint density at radius 3 is 2.17 bits per heavy atom. The second kappa shape index (κ2) is 9.00. The van der Waals surface area contributed by atoms with Crippen molar-refractivity contribution in [1.82, 2.24) is 14.7 Å². The van der Waals surface area contributed by atoms with E-state index in [1.807, 2.05) is 0 Å². The zero-order valence-electron chi connectivity index (χ0n) is 14.5. The van der Waals surface area contributed by atoms with Crippen LogP contribution in [0.15, 0.2) is 0 Å². The first kappa shape index (κ1) is 17.2. The van der Waals surface area contributed by atoms with Crippen LogP contribution in [0.25, 0.3) is 0 Å². The zero-order valence-corrected chi connectivity index (χ0v) is 14.5. The van der Waals surface area contributed by atoms with Crippen molar-refractivity contribution in [3.8, 4) is 0 Å². The van der Waals surface area contributed by atoms with Crippen LogP contribution in [-0.2, 0) is 9.53 Å². The van der Waals surface area contributed by atoms with Crippen LogP contribution in [0.5, 0.6) is 0 Å². The van der Waals surface area contributed by atoms with Crippen LogP contribution < -0.4 is 0 Å². The van der Waals surface area contributed by atoms with E-state index in [2.05, 4.69) is 14.7 Å². The predicted molar refractivity (Wildman–Crippen MR) is 91.5 cm³/mol. The van der Waals surface area contributed by atoms with E-state index < -0.39 is 0 Å². The van der Waals surface area contributed by atoms with Crippen LogP contribution in [0.1, 0.15) is 44.9 Å². The van der Waals surface area contributed by atoms with Gasteiger partial charge >= 0.3 is 0 Å². The van der Waals surface area contributed by atoms with E-state index in [-0.39, 0.29) is 0 Å². The number of likely N-dealkylation sites (tertiary alicyclic amines) is 1. The molecule has 0 aromatic rings. The van der Waals surface area contributed by atoms with Gasteiger partial charge in [0.25, 0.3) is 0 Å². The minimum Gasteiger partial charge on any atom is -0.377 e. The lowest BCUT2D eigenvalue weighted by molar-refractivity contribution is -0.132. The van der Waals surface area contributed by atoms with E-state index in [0.29, 0.717) is 18.6 Å². The Kier molecular flexibility index (Phi) is 6.72. The molecule has 23 heavy (non-hydrogen) atoms. The monoisotopic (exact) mass is 323 g/mol. The Morgan fingerprint density at radius 2 is 1.52 bits per heavy atom. The van der Waals surface area contributed by atoms with Gasteiger partial charge in [0.05, 0.1) is 12.6 Å². The highest BCUT2D eigenvalue weighted by Gasteiger charge is 2.24. The third-order valence-electron chi connectivity index (χ3n) is 5.52. The van der Waals surface area contributed by atoms with Crippen LogP contribution in [0, 0.1) is 0 Å². The van der Waals surface area contributed by atoms with Gasteiger partial charge in [-0.1, -0.05) is 12.8 Å². The normalized spacial score (nSPS) is 28.5. The van der Waals surface area contributed by atoms with Gasteiger partial charge in [-0.2, -0.15) is 0 Å². The average Bonchev–Trinajstić information content (AvgIpc) is 2.87. The number of hydrogen-bond donors (Lipinski definition) is 0. The molecule has 0 aromatic heterocycles. The lowest BCUT2D eigenvalue weighted by Gasteiger charge is -2.37. The quantitative estimate of drug-likeness (QED) is 0.787. The minimum absolute atomic E-state index is 0.343. The number of hydrogen-bond acceptors (Lipinski definition) is 4. The molecule has 1 amide bonds. The Morgan fingerprint density at radius 1 is 0.826 bits per heavy atom. The van der Waals surface area contributed by atoms with Crippen molar-refractivity contribution in [2.45, 2.75) is 51.0 Å². The van der Waals surface area contributed by atoms with Crippen LogP contribution in [-0.4, -0.2) is 85.7 Å². The Bertz CT molecular complexity index is 355. The third kappa shape index (κ3) is 5.44. The fraction of sp³-hybridized carbons (Fsp3) is 0.944. The number of piperazine rings is 1. The van der Waals surface area contributed by atoms with Gasteiger partial charge in [-0.05, 0) is 32.1 Å². The summed E-state index contributed by atoms with van der Waals surface area (Å²) in [5, 5.41) is 0. The Hall–Kier alpha value is -0.650. The van der Waals surface area contributed by atoms with Crippen molar-refractivity contribution >= 4 is 5.91 Å². The van der Waals surface area contributed by atoms with E-state index in [1.165, 1.54) is 44.9 Å². The van der Waals surface area contributed by atoms with Gasteiger partial charge in [-0.15, -0.1) is 0 Å². The SMILES string of the molecule is O=C(CN1CCN(CC2CCCCO2)CC1)N1CCCCCC1. The maximum atomic E-state index is 12.5. The van der Waals surface area contributed by atoms with Crippen molar-refractivity contribution in [2.75, 3.05) is 59.0 Å². The summed E-state index contributed by atoms with van der Waals surface area (Å²) in [6.07, 6.45) is 9.12. The number of nitrogens with zero attached hydrogens (tertiary/aromatic N) is 3. The molecule has 3 aliphatic rings. The largest absolute Gasteiger partial charge is 0.377 e. The maximum absolute atomic E-state index is 12.5. The van der Waals surface area contributed by atoms with E-state index >= 15 is 0 Å². The van der Waals surface area contributed by atoms with Crippen LogP contribution >= 0.6 is 0 Å². The molecule has 132 valence electrons. The van der Waals surface area contributed by atoms with E-state index in [1.54, 1.807) is 0 Å². The molecule has 5 nitrogen and oxygen atoms in total. The molecule has 3 saturated heterocycles. The van der Waals surface area contributed by atoms with Crippen molar-refractivity contribution in [3.63, 3.8) is 0 Å². The number of ether oxygens (including phenoxy) is 1. The summed E-state index contributed by atoms with van der Waals surface area (Å²) in [5.74, 6) is 0.343. The van der Waals surface area contributed by atoms with Crippen molar-refractivity contribution in [2.24, 2.45) is 0 Å². The molecule has 3 fully saturated rings. The fourth-order valence-corrected chi connectivity index (χ4v) is 3.98. The van der Waals surface area contributed by atoms with E-state index in [0.717, 1.165) is 52.4 Å². The van der Waals surface area contributed by atoms with Gasteiger partial charge in [0.1, 0.15) is 0 Å². The highest BCUT2D eigenvalue weighted by atomic mass is 16.5. The van der Waals surface area contributed by atoms with E-state index in [4.69, 9.17) is 4.74 Å². The van der Waals surface area contributed by atoms with Crippen molar-refractivity contribution < 1.29 is 9.53 Å². The first-order valence-electron chi connectivity index (χ1n) is 9.65. The molecule has 0 bridgehead atoms. The smallest absolute Gasteiger partial charge is 0.236 e. The summed E-state index contributed by atoms with van der Waals surface area (Å²) >= 11 is 0. The molecule has 3 aliphatic heterocycles. The van der Waals surface area contributed by atoms with Gasteiger partial charge < -0.3 is 9.64 Å². The molecule has 1 unspecified atom stereocenters. The minimum atomic E-state index is 0.343. The van der Waals surface area contributed by atoms with Crippen LogP contribution in [0.2, 0.25) is 0 Å². The molecular weight excluding hydrogens is 290 g/mol. The predicted octanol–water partition coefficient (Wildman–Crippen LogP) is 1.58. The first-order valence-corrected chi connectivity index (χ1v) is 9.65. The second-order valence-corrected chi connectivity index (χ2v) is 7.36. The van der Waals surface area contributed by atoms with Gasteiger partial charge in [-0.3, -0.25) is 14.6 Å². The molecule has 0 spiro atoms. The summed E-state index contributed by atoms with van der Waals surface area (Å²) < 4.78 is 5.85. The maximum Gasteiger partial charge on any atom is 0.236 e. The van der Waals surface area contributed by atoms with Gasteiger partial charge in [-0.25, -0.2) is 0 Å². The fourth-order valence-electron chi connectivity index (χ4n) is 3.98. The molecule has 0 aromatic carbocycles. The molecule has 3 heterocycles. The topological polar surface area (TPSA) is 36.0 Å². The lowest BCUT2D eigenvalue weighted by Crippen LogP contribution is -2.51. The molecular formula is C18H33N3O2. The molecule has 0 radical (unpaired) electrons. The average molecular weight is 323 g/mol. The van der Waals surface area contributed by atoms with E-state index in [9.17, 15) is 4.79 Å². The standard InChI is InChI=1S/C18H33N3O2/c22-18(21-8-4-1-2-5-9-21)16-20-12-10-19(11-13-20)15-17-7-3-6-14-23-17/h17H,1-16H2. The third-order valence-corrected chi connectivity index (χ3v) is 5.52. The molecule has 0 N–H and O–H groups in total. The van der Waals surface area contributed by atoms with Crippen molar-refractivity contribution in [3.05, 3.63) is 0 Å². The summed E-state index contributed by atoms with van der Waals surface area (Å²) in [4.78, 5) is 19.4. The Labute approximate surface area is 140 Å². The molecule has 0 aliphatic carbocycles. The zero-order chi connectivity index (χ0) is 15.9. The van der Waals surface area contributed by atoms with Crippen LogP contribution in [0.3, 0.4) is 0 Å². The molecule has 0 saturated carbocycles. The first-order chi connectivity index (χ1) is 11.3.